The van der Waals surface area contributed by atoms with Gasteiger partial charge in [0.1, 0.15) is 17.2 Å². The van der Waals surface area contributed by atoms with Gasteiger partial charge in [0.05, 0.1) is 23.9 Å². The van der Waals surface area contributed by atoms with Crippen LogP contribution >= 0.6 is 11.3 Å². The zero-order chi connectivity index (χ0) is 23.4. The molecule has 33 heavy (non-hydrogen) atoms. The first kappa shape index (κ1) is 22.3. The fraction of sp³-hybridized carbons (Fsp3) is 0.167. The van der Waals surface area contributed by atoms with E-state index in [0.717, 1.165) is 6.42 Å². The predicted octanol–water partition coefficient (Wildman–Crippen LogP) is 4.47. The minimum atomic E-state index is -0.423. The van der Waals surface area contributed by atoms with Gasteiger partial charge in [0, 0.05) is 16.6 Å². The molecule has 4 rings (SSSR count). The van der Waals surface area contributed by atoms with Crippen LogP contribution in [-0.2, 0) is 16.1 Å². The van der Waals surface area contributed by atoms with Crippen molar-refractivity contribution in [2.75, 3.05) is 11.9 Å². The van der Waals surface area contributed by atoms with Crippen molar-refractivity contribution in [1.29, 1.82) is 0 Å². The molecule has 168 valence electrons. The third kappa shape index (κ3) is 4.98. The van der Waals surface area contributed by atoms with Gasteiger partial charge < -0.3 is 10.1 Å². The smallest absolute Gasteiger partial charge is 0.338 e. The second-order valence-corrected chi connectivity index (χ2v) is 8.13. The first-order chi connectivity index (χ1) is 16.0. The van der Waals surface area contributed by atoms with Crippen molar-refractivity contribution >= 4 is 39.1 Å². The molecule has 0 aliphatic carbocycles. The highest BCUT2D eigenvalue weighted by molar-refractivity contribution is 7.17. The minimum Gasteiger partial charge on any atom is -0.462 e. The summed E-state index contributed by atoms with van der Waals surface area (Å²) in [6.07, 6.45) is 2.07. The number of hydrogen-bond acceptors (Lipinski definition) is 6. The number of benzene rings is 2. The predicted molar refractivity (Wildman–Crippen MR) is 125 cm³/mol. The Labute approximate surface area is 192 Å². The van der Waals surface area contributed by atoms with Crippen LogP contribution in [0.1, 0.15) is 23.7 Å². The summed E-state index contributed by atoms with van der Waals surface area (Å²) in [5.41, 5.74) is 1.86. The molecule has 0 fully saturated rings. The lowest BCUT2D eigenvalue weighted by molar-refractivity contribution is -0.116. The molecule has 0 atom stereocenters. The van der Waals surface area contributed by atoms with Crippen molar-refractivity contribution in [2.24, 2.45) is 0 Å². The van der Waals surface area contributed by atoms with Gasteiger partial charge in [-0.2, -0.15) is 0 Å². The summed E-state index contributed by atoms with van der Waals surface area (Å²) in [6, 6.07) is 12.2. The number of amides is 1. The Bertz CT molecular complexity index is 1360. The third-order valence-electron chi connectivity index (χ3n) is 4.87. The van der Waals surface area contributed by atoms with Gasteiger partial charge in [-0.15, -0.1) is 11.3 Å². The fourth-order valence-corrected chi connectivity index (χ4v) is 4.15. The molecule has 1 amide bonds. The van der Waals surface area contributed by atoms with Crippen LogP contribution in [0, 0.1) is 5.82 Å². The van der Waals surface area contributed by atoms with Crippen molar-refractivity contribution < 1.29 is 18.7 Å². The van der Waals surface area contributed by atoms with E-state index in [9.17, 15) is 18.8 Å². The number of esters is 1. The molecule has 0 aliphatic heterocycles. The SMILES string of the molecule is CCCOC(=O)c1ccc(NC(=O)Cn2cnc3scc(-c4ccc(F)cc4)c3c2=O)cc1. The number of fused-ring (bicyclic) bond motifs is 1. The van der Waals surface area contributed by atoms with Crippen LogP contribution in [0.3, 0.4) is 0 Å². The van der Waals surface area contributed by atoms with Crippen LogP contribution in [0.2, 0.25) is 0 Å². The van der Waals surface area contributed by atoms with Gasteiger partial charge in [-0.3, -0.25) is 14.2 Å². The summed E-state index contributed by atoms with van der Waals surface area (Å²) < 4.78 is 19.6. The molecular weight excluding hydrogens is 445 g/mol. The van der Waals surface area contributed by atoms with E-state index in [1.54, 1.807) is 41.8 Å². The summed E-state index contributed by atoms with van der Waals surface area (Å²) in [5, 5.41) is 4.89. The van der Waals surface area contributed by atoms with Crippen LogP contribution in [0.4, 0.5) is 10.1 Å². The number of hydrogen-bond donors (Lipinski definition) is 1. The summed E-state index contributed by atoms with van der Waals surface area (Å²) >= 11 is 1.31. The number of nitrogens with zero attached hydrogens (tertiary/aromatic N) is 2. The highest BCUT2D eigenvalue weighted by Crippen LogP contribution is 2.30. The van der Waals surface area contributed by atoms with E-state index in [1.807, 2.05) is 6.92 Å². The number of carbonyl (C=O) groups excluding carboxylic acids is 2. The van der Waals surface area contributed by atoms with E-state index in [4.69, 9.17) is 4.74 Å². The molecular formula is C24H20FN3O4S. The van der Waals surface area contributed by atoms with Crippen molar-refractivity contribution in [3.63, 3.8) is 0 Å². The van der Waals surface area contributed by atoms with E-state index in [1.165, 1.54) is 34.4 Å². The maximum atomic E-state index is 13.3. The maximum absolute atomic E-state index is 13.3. The molecule has 2 heterocycles. The quantitative estimate of drug-likeness (QED) is 0.407. The van der Waals surface area contributed by atoms with Crippen molar-refractivity contribution in [2.45, 2.75) is 19.9 Å². The molecule has 4 aromatic rings. The second kappa shape index (κ2) is 9.74. The first-order valence-corrected chi connectivity index (χ1v) is 11.1. The number of rotatable bonds is 7. The van der Waals surface area contributed by atoms with Crippen LogP contribution in [-0.4, -0.2) is 28.0 Å². The Morgan fingerprint density at radius 2 is 1.85 bits per heavy atom. The molecule has 2 aromatic carbocycles. The third-order valence-corrected chi connectivity index (χ3v) is 5.76. The summed E-state index contributed by atoms with van der Waals surface area (Å²) in [4.78, 5) is 42.3. The van der Waals surface area contributed by atoms with Crippen LogP contribution in [0.25, 0.3) is 21.3 Å². The van der Waals surface area contributed by atoms with Gasteiger partial charge in [0.2, 0.25) is 5.91 Å². The average molecular weight is 466 g/mol. The number of carbonyl (C=O) groups is 2. The molecule has 0 saturated heterocycles. The molecule has 9 heteroatoms. The number of aromatic nitrogens is 2. The van der Waals surface area contributed by atoms with E-state index in [-0.39, 0.29) is 17.9 Å². The number of halogens is 1. The van der Waals surface area contributed by atoms with Crippen molar-refractivity contribution in [1.82, 2.24) is 9.55 Å². The Morgan fingerprint density at radius 3 is 2.55 bits per heavy atom. The van der Waals surface area contributed by atoms with Gasteiger partial charge in [0.15, 0.2) is 0 Å². The molecule has 2 aromatic heterocycles. The van der Waals surface area contributed by atoms with Crippen LogP contribution in [0.15, 0.2) is 65.0 Å². The molecule has 7 nitrogen and oxygen atoms in total. The lowest BCUT2D eigenvalue weighted by Gasteiger charge is -2.09. The Morgan fingerprint density at radius 1 is 1.12 bits per heavy atom. The molecule has 0 radical (unpaired) electrons. The van der Waals surface area contributed by atoms with Gasteiger partial charge in [-0.05, 0) is 48.4 Å². The Balaban J connectivity index is 1.51. The fourth-order valence-electron chi connectivity index (χ4n) is 3.25. The number of nitrogens with one attached hydrogen (secondary N) is 1. The highest BCUT2D eigenvalue weighted by Gasteiger charge is 2.15. The highest BCUT2D eigenvalue weighted by atomic mass is 32.1. The molecule has 0 spiro atoms. The molecule has 0 unspecified atom stereocenters. The van der Waals surface area contributed by atoms with E-state index >= 15 is 0 Å². The maximum Gasteiger partial charge on any atom is 0.338 e. The zero-order valence-corrected chi connectivity index (χ0v) is 18.5. The van der Waals surface area contributed by atoms with Gasteiger partial charge >= 0.3 is 5.97 Å². The van der Waals surface area contributed by atoms with Crippen molar-refractivity contribution in [3.05, 3.63) is 82.0 Å². The van der Waals surface area contributed by atoms with Gasteiger partial charge in [-0.1, -0.05) is 19.1 Å². The lowest BCUT2D eigenvalue weighted by Crippen LogP contribution is -2.27. The Hall–Kier alpha value is -3.85. The van der Waals surface area contributed by atoms with Gasteiger partial charge in [0.25, 0.3) is 5.56 Å². The average Bonchev–Trinajstić information content (AvgIpc) is 3.25. The lowest BCUT2D eigenvalue weighted by atomic mass is 10.1. The molecule has 0 saturated carbocycles. The topological polar surface area (TPSA) is 90.3 Å². The summed E-state index contributed by atoms with van der Waals surface area (Å²) in [6.45, 7) is 2.02. The standard InChI is InChI=1S/C24H20FN3O4S/c1-2-11-32-24(31)16-5-9-18(10-6-16)27-20(29)12-28-14-26-22-21(23(28)30)19(13-33-22)15-3-7-17(25)8-4-15/h3-10,13-14H,2,11-12H2,1H3,(H,27,29). The van der Waals surface area contributed by atoms with E-state index in [2.05, 4.69) is 10.3 Å². The number of anilines is 1. The van der Waals surface area contributed by atoms with Crippen LogP contribution in [0.5, 0.6) is 0 Å². The normalized spacial score (nSPS) is 10.8. The first-order valence-electron chi connectivity index (χ1n) is 10.3. The molecule has 1 N–H and O–H groups in total. The molecule has 0 aliphatic rings. The minimum absolute atomic E-state index is 0.235. The second-order valence-electron chi connectivity index (χ2n) is 7.28. The van der Waals surface area contributed by atoms with Crippen LogP contribution < -0.4 is 10.9 Å². The van der Waals surface area contributed by atoms with Gasteiger partial charge in [-0.25, -0.2) is 14.2 Å². The summed E-state index contributed by atoms with van der Waals surface area (Å²) in [5.74, 6) is -1.21. The number of ether oxygens (including phenoxy) is 1. The zero-order valence-electron chi connectivity index (χ0n) is 17.7. The number of thiophene rings is 1. The largest absolute Gasteiger partial charge is 0.462 e. The van der Waals surface area contributed by atoms with E-state index in [0.29, 0.717) is 39.2 Å². The Kier molecular flexibility index (Phi) is 6.60. The summed E-state index contributed by atoms with van der Waals surface area (Å²) in [7, 11) is 0. The van der Waals surface area contributed by atoms with E-state index < -0.39 is 11.9 Å². The molecule has 0 bridgehead atoms. The monoisotopic (exact) mass is 465 g/mol. The van der Waals surface area contributed by atoms with Crippen molar-refractivity contribution in [3.8, 4) is 11.1 Å².